The average molecular weight is 452 g/mol. The highest BCUT2D eigenvalue weighted by Gasteiger charge is 2.50. The fourth-order valence-electron chi connectivity index (χ4n) is 7.67. The van der Waals surface area contributed by atoms with Gasteiger partial charge in [0, 0.05) is 12.5 Å². The van der Waals surface area contributed by atoms with E-state index in [1.165, 1.54) is 31.3 Å². The molecule has 0 aromatic carbocycles. The third-order valence-electron chi connectivity index (χ3n) is 9.33. The number of aliphatic hydroxyl groups excluding tert-OH is 2. The molecule has 1 aliphatic heterocycles. The maximum Gasteiger partial charge on any atom is 0.241 e. The highest BCUT2D eigenvalue weighted by Crippen LogP contribution is 2.59. The Balaban J connectivity index is 1.39. The first-order chi connectivity index (χ1) is 15.3. The maximum absolute atomic E-state index is 13.0. The molecule has 3 nitrogen and oxygen atoms in total. The summed E-state index contributed by atoms with van der Waals surface area (Å²) in [5, 5.41) is 20.0. The van der Waals surface area contributed by atoms with Crippen LogP contribution in [0.4, 0.5) is 8.78 Å². The van der Waals surface area contributed by atoms with Gasteiger partial charge < -0.3 is 15.1 Å². The summed E-state index contributed by atoms with van der Waals surface area (Å²) in [4.78, 5) is 2.43. The van der Waals surface area contributed by atoms with Crippen LogP contribution in [0.5, 0.6) is 0 Å². The Bertz CT molecular complexity index is 688. The first-order valence-electron chi connectivity index (χ1n) is 13.0. The minimum absolute atomic E-state index is 0.328. The smallest absolute Gasteiger partial charge is 0.241 e. The maximum atomic E-state index is 13.0. The van der Waals surface area contributed by atoms with E-state index >= 15 is 0 Å². The van der Waals surface area contributed by atoms with Gasteiger partial charge in [0.2, 0.25) is 6.43 Å². The van der Waals surface area contributed by atoms with Crippen molar-refractivity contribution in [2.24, 2.45) is 29.1 Å². The summed E-state index contributed by atoms with van der Waals surface area (Å²) in [6.45, 7) is 7.58. The molecule has 4 rings (SSSR count). The average Bonchev–Trinajstić information content (AvgIpc) is 3.09. The SMILES string of the molecule is CC(CN1CCC(C(F)F)CC1)[C@H]1CC[C@H]2/C(=C/C=C3C[C@@H](O)C[C@H](O)C3)CCC[C@]12C. The molecule has 0 spiro atoms. The van der Waals surface area contributed by atoms with Crippen molar-refractivity contribution in [1.29, 1.82) is 0 Å². The molecule has 0 amide bonds. The summed E-state index contributed by atoms with van der Waals surface area (Å²) >= 11 is 0. The van der Waals surface area contributed by atoms with E-state index in [0.717, 1.165) is 26.1 Å². The molecule has 4 fully saturated rings. The Morgan fingerprint density at radius 1 is 1.06 bits per heavy atom. The second-order valence-corrected chi connectivity index (χ2v) is 11.6. The van der Waals surface area contributed by atoms with Gasteiger partial charge in [0.05, 0.1) is 12.2 Å². The van der Waals surface area contributed by atoms with Crippen molar-refractivity contribution >= 4 is 0 Å². The first kappa shape index (κ1) is 24.3. The van der Waals surface area contributed by atoms with Gasteiger partial charge in [0.25, 0.3) is 0 Å². The number of likely N-dealkylation sites (tertiary alicyclic amines) is 1. The van der Waals surface area contributed by atoms with E-state index in [4.69, 9.17) is 0 Å². The fourth-order valence-corrected chi connectivity index (χ4v) is 7.67. The molecule has 0 radical (unpaired) electrons. The van der Waals surface area contributed by atoms with Gasteiger partial charge in [-0.15, -0.1) is 0 Å². The zero-order valence-corrected chi connectivity index (χ0v) is 20.0. The summed E-state index contributed by atoms with van der Waals surface area (Å²) in [6.07, 6.45) is 10.9. The van der Waals surface area contributed by atoms with Crippen molar-refractivity contribution in [2.45, 2.75) is 96.7 Å². The Morgan fingerprint density at radius 2 is 1.75 bits per heavy atom. The number of allylic oxidation sites excluding steroid dienone is 3. The lowest BCUT2D eigenvalue weighted by Crippen LogP contribution is -2.42. The summed E-state index contributed by atoms with van der Waals surface area (Å²) in [5.41, 5.74) is 3.06. The summed E-state index contributed by atoms with van der Waals surface area (Å²) in [6, 6.07) is 0. The third kappa shape index (κ3) is 5.31. The lowest BCUT2D eigenvalue weighted by Gasteiger charge is -2.45. The second-order valence-electron chi connectivity index (χ2n) is 11.6. The summed E-state index contributed by atoms with van der Waals surface area (Å²) in [5.74, 6) is 1.51. The largest absolute Gasteiger partial charge is 0.393 e. The Labute approximate surface area is 193 Å². The molecule has 1 heterocycles. The number of alkyl halides is 2. The van der Waals surface area contributed by atoms with Crippen LogP contribution in [0, 0.1) is 29.1 Å². The van der Waals surface area contributed by atoms with Gasteiger partial charge >= 0.3 is 0 Å². The third-order valence-corrected chi connectivity index (χ3v) is 9.33. The van der Waals surface area contributed by atoms with Gasteiger partial charge in [-0.3, -0.25) is 0 Å². The van der Waals surface area contributed by atoms with E-state index in [0.29, 0.717) is 55.3 Å². The summed E-state index contributed by atoms with van der Waals surface area (Å²) < 4.78 is 26.0. The molecular weight excluding hydrogens is 408 g/mol. The highest BCUT2D eigenvalue weighted by molar-refractivity contribution is 5.26. The quantitative estimate of drug-likeness (QED) is 0.574. The van der Waals surface area contributed by atoms with Gasteiger partial charge in [-0.25, -0.2) is 8.78 Å². The minimum atomic E-state index is -2.16. The van der Waals surface area contributed by atoms with Crippen molar-refractivity contribution < 1.29 is 19.0 Å². The molecule has 3 saturated carbocycles. The van der Waals surface area contributed by atoms with Crippen molar-refractivity contribution in [3.8, 4) is 0 Å². The van der Waals surface area contributed by atoms with E-state index in [1.807, 2.05) is 0 Å². The molecule has 3 aliphatic carbocycles. The van der Waals surface area contributed by atoms with Crippen LogP contribution >= 0.6 is 0 Å². The number of hydrogen-bond donors (Lipinski definition) is 2. The molecule has 2 N–H and O–H groups in total. The fraction of sp³-hybridized carbons (Fsp3) is 0.852. The molecule has 4 aliphatic rings. The van der Waals surface area contributed by atoms with Crippen molar-refractivity contribution in [3.05, 3.63) is 23.3 Å². The molecule has 6 atom stereocenters. The van der Waals surface area contributed by atoms with Crippen LogP contribution in [-0.4, -0.2) is 53.4 Å². The minimum Gasteiger partial charge on any atom is -0.393 e. The zero-order chi connectivity index (χ0) is 22.9. The number of fused-ring (bicyclic) bond motifs is 1. The molecule has 5 heteroatoms. The molecule has 0 bridgehead atoms. The molecular formula is C27H43F2NO2. The van der Waals surface area contributed by atoms with Crippen LogP contribution in [0.25, 0.3) is 0 Å². The van der Waals surface area contributed by atoms with Gasteiger partial charge in [-0.2, -0.15) is 0 Å². The van der Waals surface area contributed by atoms with E-state index in [2.05, 4.69) is 30.9 Å². The van der Waals surface area contributed by atoms with Gasteiger partial charge in [0.15, 0.2) is 0 Å². The Hall–Kier alpha value is -0.780. The Morgan fingerprint density at radius 3 is 2.41 bits per heavy atom. The van der Waals surface area contributed by atoms with Crippen LogP contribution in [0.3, 0.4) is 0 Å². The zero-order valence-electron chi connectivity index (χ0n) is 20.0. The van der Waals surface area contributed by atoms with E-state index in [9.17, 15) is 19.0 Å². The number of halogens is 2. The van der Waals surface area contributed by atoms with Crippen LogP contribution in [0.1, 0.15) is 78.1 Å². The lowest BCUT2D eigenvalue weighted by molar-refractivity contribution is 0.0227. The Kier molecular flexibility index (Phi) is 7.78. The molecule has 32 heavy (non-hydrogen) atoms. The molecule has 1 unspecified atom stereocenters. The number of nitrogens with zero attached hydrogens (tertiary/aromatic N) is 1. The standard InChI is InChI=1S/C27H43F2NO2/c1-18(17-30-12-9-21(10-13-30)26(28)29)24-7-8-25-20(4-3-11-27(24,25)2)6-5-19-14-22(31)16-23(32)15-19/h5-6,18,21-26,31-32H,3-4,7-17H2,1-2H3/b20-6+/t18?,22-,23-,24-,25+,27-/m1/s1. The number of hydrogen-bond acceptors (Lipinski definition) is 3. The first-order valence-corrected chi connectivity index (χ1v) is 13.0. The van der Waals surface area contributed by atoms with Crippen LogP contribution in [-0.2, 0) is 0 Å². The van der Waals surface area contributed by atoms with E-state index in [1.54, 1.807) is 5.57 Å². The van der Waals surface area contributed by atoms with Crippen molar-refractivity contribution in [1.82, 2.24) is 4.90 Å². The van der Waals surface area contributed by atoms with Crippen molar-refractivity contribution in [3.63, 3.8) is 0 Å². The predicted octanol–water partition coefficient (Wildman–Crippen LogP) is 5.57. The lowest BCUT2D eigenvalue weighted by atomic mass is 9.61. The van der Waals surface area contributed by atoms with Crippen LogP contribution in [0.2, 0.25) is 0 Å². The summed E-state index contributed by atoms with van der Waals surface area (Å²) in [7, 11) is 0. The van der Waals surface area contributed by atoms with Gasteiger partial charge in [-0.1, -0.05) is 37.1 Å². The van der Waals surface area contributed by atoms with Gasteiger partial charge in [0.1, 0.15) is 0 Å². The molecule has 182 valence electrons. The monoisotopic (exact) mass is 451 g/mol. The van der Waals surface area contributed by atoms with E-state index in [-0.39, 0.29) is 0 Å². The molecule has 1 saturated heterocycles. The van der Waals surface area contributed by atoms with Crippen LogP contribution in [0.15, 0.2) is 23.3 Å². The molecule has 0 aromatic heterocycles. The second kappa shape index (κ2) is 10.2. The van der Waals surface area contributed by atoms with Crippen LogP contribution < -0.4 is 0 Å². The molecule has 0 aromatic rings. The van der Waals surface area contributed by atoms with Crippen molar-refractivity contribution in [2.75, 3.05) is 19.6 Å². The van der Waals surface area contributed by atoms with E-state index < -0.39 is 24.6 Å². The van der Waals surface area contributed by atoms with Gasteiger partial charge in [-0.05, 0) is 100 Å². The normalized spacial score (nSPS) is 39.5. The highest BCUT2D eigenvalue weighted by atomic mass is 19.3. The predicted molar refractivity (Wildman–Crippen MR) is 125 cm³/mol. The number of rotatable bonds is 5. The topological polar surface area (TPSA) is 43.7 Å². The number of piperidine rings is 1. The number of aliphatic hydroxyl groups is 2.